The molecule has 0 radical (unpaired) electrons. The number of carbonyl (C=O) groups excluding carboxylic acids is 1. The van der Waals surface area contributed by atoms with Crippen molar-refractivity contribution in [1.82, 2.24) is 10.0 Å². The van der Waals surface area contributed by atoms with Gasteiger partial charge in [-0.2, -0.15) is 4.73 Å². The predicted molar refractivity (Wildman–Crippen MR) is 180 cm³/mol. The van der Waals surface area contributed by atoms with Gasteiger partial charge in [-0.05, 0) is 54.3 Å². The number of halogens is 2. The van der Waals surface area contributed by atoms with Crippen molar-refractivity contribution in [2.75, 3.05) is 10.5 Å². The maximum absolute atomic E-state index is 13.4. The number of nitrogens with zero attached hydrogens (tertiary/aromatic N) is 2. The van der Waals surface area contributed by atoms with Gasteiger partial charge in [0.15, 0.2) is 5.49 Å². The smallest absolute Gasteiger partial charge is 0.262 e. The molecule has 0 unspecified atom stereocenters. The minimum Gasteiger partial charge on any atom is -0.427 e. The molecule has 240 valence electrons. The lowest BCUT2D eigenvalue weighted by Crippen LogP contribution is -2.30. The quantitative estimate of drug-likeness (QED) is 0.0586. The Morgan fingerprint density at radius 2 is 1.72 bits per heavy atom. The van der Waals surface area contributed by atoms with E-state index in [2.05, 4.69) is 10.0 Å². The van der Waals surface area contributed by atoms with Crippen LogP contribution in [-0.4, -0.2) is 36.1 Å². The molecule has 5 rings (SSSR count). The summed E-state index contributed by atoms with van der Waals surface area (Å²) in [6, 6.07) is 18.9. The van der Waals surface area contributed by atoms with Crippen molar-refractivity contribution in [1.29, 1.82) is 5.41 Å². The number of nitrogens with one attached hydrogen (secondary N) is 3. The molecule has 0 bridgehead atoms. The molecule has 3 aromatic carbocycles. The largest absolute Gasteiger partial charge is 0.427 e. The van der Waals surface area contributed by atoms with Gasteiger partial charge in [0.25, 0.3) is 10.0 Å². The molecular formula is C32H33Cl2N7O4S. The third-order valence-corrected chi connectivity index (χ3v) is 9.60. The van der Waals surface area contributed by atoms with Gasteiger partial charge < -0.3 is 22.0 Å². The zero-order valence-corrected chi connectivity index (χ0v) is 27.0. The Morgan fingerprint density at radius 1 is 1.02 bits per heavy atom. The number of amidine groups is 1. The summed E-state index contributed by atoms with van der Waals surface area (Å²) >= 11 is 13.0. The van der Waals surface area contributed by atoms with Gasteiger partial charge in [0.2, 0.25) is 5.91 Å². The predicted octanol–water partition coefficient (Wildman–Crippen LogP) is 5.07. The van der Waals surface area contributed by atoms with E-state index < -0.39 is 15.9 Å². The Labute approximate surface area is 276 Å². The Morgan fingerprint density at radius 3 is 2.39 bits per heavy atom. The molecule has 1 saturated carbocycles. The average molecular weight is 683 g/mol. The second kappa shape index (κ2) is 13.9. The molecule has 14 heteroatoms. The van der Waals surface area contributed by atoms with Crippen LogP contribution >= 0.6 is 23.2 Å². The van der Waals surface area contributed by atoms with Gasteiger partial charge in [0.05, 0.1) is 38.8 Å². The lowest BCUT2D eigenvalue weighted by Gasteiger charge is -2.18. The molecule has 46 heavy (non-hydrogen) atoms. The van der Waals surface area contributed by atoms with Crippen molar-refractivity contribution >= 4 is 56.3 Å². The van der Waals surface area contributed by atoms with E-state index in [1.54, 1.807) is 42.5 Å². The minimum absolute atomic E-state index is 0.0000300. The number of sulfonamides is 1. The zero-order chi connectivity index (χ0) is 33.0. The van der Waals surface area contributed by atoms with E-state index in [0.29, 0.717) is 5.56 Å². The van der Waals surface area contributed by atoms with Gasteiger partial charge in [-0.25, -0.2) is 8.42 Å². The Bertz CT molecular complexity index is 1970. The van der Waals surface area contributed by atoms with Gasteiger partial charge in [0, 0.05) is 29.4 Å². The molecule has 1 amide bonds. The fourth-order valence-electron chi connectivity index (χ4n) is 5.30. The highest BCUT2D eigenvalue weighted by Gasteiger charge is 2.23. The number of nitrogen functional groups attached to an aromatic ring is 2. The van der Waals surface area contributed by atoms with Crippen molar-refractivity contribution in [3.05, 3.63) is 105 Å². The summed E-state index contributed by atoms with van der Waals surface area (Å²) in [5, 5.41) is 22.2. The summed E-state index contributed by atoms with van der Waals surface area (Å²) in [4.78, 5) is 17.8. The molecule has 0 aliphatic heterocycles. The van der Waals surface area contributed by atoms with Gasteiger partial charge in [-0.3, -0.25) is 19.9 Å². The van der Waals surface area contributed by atoms with Gasteiger partial charge in [-0.15, -0.1) is 0 Å². The van der Waals surface area contributed by atoms with Gasteiger partial charge in [-0.1, -0.05) is 72.4 Å². The van der Waals surface area contributed by atoms with Crippen LogP contribution < -0.4 is 27.0 Å². The highest BCUT2D eigenvalue weighted by molar-refractivity contribution is 7.92. The maximum Gasteiger partial charge on any atom is 0.262 e. The molecule has 1 aliphatic rings. The molecule has 0 saturated heterocycles. The monoisotopic (exact) mass is 681 g/mol. The van der Waals surface area contributed by atoms with Crippen LogP contribution in [0.25, 0.3) is 11.1 Å². The van der Waals surface area contributed by atoms with Crippen molar-refractivity contribution in [3.63, 3.8) is 0 Å². The molecule has 4 aromatic rings. The number of anilines is 2. The van der Waals surface area contributed by atoms with E-state index in [4.69, 9.17) is 45.1 Å². The second-order valence-corrected chi connectivity index (χ2v) is 13.5. The summed E-state index contributed by atoms with van der Waals surface area (Å²) in [5.74, 6) is -0.501. The van der Waals surface area contributed by atoms with Crippen LogP contribution in [0.5, 0.6) is 0 Å². The Hall–Kier alpha value is -4.52. The number of carbonyl (C=O) groups is 1. The first-order valence-electron chi connectivity index (χ1n) is 14.5. The number of benzene rings is 3. The number of amides is 1. The second-order valence-electron chi connectivity index (χ2n) is 11.0. The fourth-order valence-corrected chi connectivity index (χ4v) is 7.01. The topological polar surface area (TPSA) is 189 Å². The highest BCUT2D eigenvalue weighted by Crippen LogP contribution is 2.35. The SMILES string of the molecule is N=C(N)c1ccc(CNC(=O)Cc2c(-c3cc(N)cc(S(=O)(=O)Nc4ccccc4Cl)c3)c(Cl)cc(=NC3CCCC3)n2O)cc1. The van der Waals surface area contributed by atoms with Crippen LogP contribution in [0, 0.1) is 5.41 Å². The molecular weight excluding hydrogens is 649 g/mol. The molecule has 1 heterocycles. The van der Waals surface area contributed by atoms with Crippen molar-refractivity contribution in [2.45, 2.75) is 49.6 Å². The van der Waals surface area contributed by atoms with Crippen molar-refractivity contribution < 1.29 is 18.4 Å². The van der Waals surface area contributed by atoms with Crippen LogP contribution in [0.3, 0.4) is 0 Å². The van der Waals surface area contributed by atoms with Crippen LogP contribution in [0.4, 0.5) is 11.4 Å². The van der Waals surface area contributed by atoms with E-state index in [1.807, 2.05) is 0 Å². The number of para-hydroxylation sites is 1. The average Bonchev–Trinajstić information content (AvgIpc) is 3.53. The molecule has 11 nitrogen and oxygen atoms in total. The molecule has 1 aliphatic carbocycles. The van der Waals surface area contributed by atoms with Crippen LogP contribution in [0.15, 0.2) is 82.7 Å². The van der Waals surface area contributed by atoms with Crippen molar-refractivity contribution in [3.8, 4) is 11.1 Å². The first-order valence-corrected chi connectivity index (χ1v) is 16.7. The first-order chi connectivity index (χ1) is 21.9. The van der Waals surface area contributed by atoms with E-state index in [0.717, 1.165) is 36.0 Å². The molecule has 8 N–H and O–H groups in total. The Kier molecular flexibility index (Phi) is 9.90. The lowest BCUT2D eigenvalue weighted by atomic mass is 10.0. The van der Waals surface area contributed by atoms with E-state index >= 15 is 0 Å². The van der Waals surface area contributed by atoms with Crippen molar-refractivity contribution in [2.24, 2.45) is 10.7 Å². The standard InChI is InChI=1S/C32H33Cl2N7O4S/c33-25-7-3-4-8-27(25)40-46(44,45)24-14-21(13-22(35)15-24)31-26(34)16-29(39-23-5-1-2-6-23)41(43)28(31)17-30(42)38-18-19-9-11-20(12-10-19)32(36)37/h3-4,7-16,23,40,43H,1-2,5-6,17-18,35H2,(H3,36,37)(H,38,42). The number of rotatable bonds is 10. The maximum atomic E-state index is 13.4. The summed E-state index contributed by atoms with van der Waals surface area (Å²) in [5.41, 5.74) is 14.1. The Balaban J connectivity index is 1.53. The number of hydrogen-bond acceptors (Lipinski definition) is 7. The zero-order valence-electron chi connectivity index (χ0n) is 24.6. The van der Waals surface area contributed by atoms with E-state index in [1.165, 1.54) is 30.3 Å². The van der Waals surface area contributed by atoms with Gasteiger partial charge >= 0.3 is 0 Å². The molecule has 1 aromatic heterocycles. The third-order valence-electron chi connectivity index (χ3n) is 7.62. The first kappa shape index (κ1) is 32.9. The lowest BCUT2D eigenvalue weighted by molar-refractivity contribution is -0.120. The molecule has 1 fully saturated rings. The number of aromatic nitrogens is 1. The normalized spacial score (nSPS) is 13.9. The fraction of sp³-hybridized carbons (Fsp3) is 0.219. The summed E-state index contributed by atoms with van der Waals surface area (Å²) in [7, 11) is -4.17. The van der Waals surface area contributed by atoms with E-state index in [9.17, 15) is 18.4 Å². The van der Waals surface area contributed by atoms with E-state index in [-0.39, 0.29) is 73.5 Å². The number of hydrogen-bond donors (Lipinski definition) is 6. The number of pyridine rings is 1. The summed E-state index contributed by atoms with van der Waals surface area (Å²) < 4.78 is 30.1. The molecule has 0 spiro atoms. The summed E-state index contributed by atoms with van der Waals surface area (Å²) in [6.45, 7) is 0.173. The number of nitrogens with two attached hydrogens (primary N) is 2. The summed E-state index contributed by atoms with van der Waals surface area (Å²) in [6.07, 6.45) is 3.46. The minimum atomic E-state index is -4.17. The van der Waals surface area contributed by atoms with Gasteiger partial charge in [0.1, 0.15) is 5.84 Å². The third kappa shape index (κ3) is 7.64. The van der Waals surface area contributed by atoms with Crippen LogP contribution in [0.2, 0.25) is 10.0 Å². The van der Waals surface area contributed by atoms with Crippen LogP contribution in [0.1, 0.15) is 42.5 Å². The molecule has 0 atom stereocenters. The van der Waals surface area contributed by atoms with Crippen LogP contribution in [-0.2, 0) is 27.8 Å². The highest BCUT2D eigenvalue weighted by atomic mass is 35.5.